The molecule has 2 heteroatoms. The summed E-state index contributed by atoms with van der Waals surface area (Å²) >= 11 is 0. The van der Waals surface area contributed by atoms with Crippen LogP contribution in [-0.4, -0.2) is 5.78 Å². The van der Waals surface area contributed by atoms with E-state index in [1.54, 1.807) is 18.2 Å². The molecule has 0 unspecified atom stereocenters. The second-order valence-corrected chi connectivity index (χ2v) is 5.23. The molecule has 0 heterocycles. The number of benzene rings is 2. The van der Waals surface area contributed by atoms with Crippen LogP contribution < -0.4 is 0 Å². The Kier molecular flexibility index (Phi) is 5.28. The van der Waals surface area contributed by atoms with E-state index >= 15 is 0 Å². The first-order valence-corrected chi connectivity index (χ1v) is 7.44. The fourth-order valence-corrected chi connectivity index (χ4v) is 2.53. The number of Topliss-reactive ketones (excluding diaryl/α,β-unsaturated/α-hetero) is 1. The van der Waals surface area contributed by atoms with Crippen molar-refractivity contribution in [1.82, 2.24) is 0 Å². The summed E-state index contributed by atoms with van der Waals surface area (Å²) in [6.07, 6.45) is 6.20. The Hall–Kier alpha value is -1.70. The van der Waals surface area contributed by atoms with Gasteiger partial charge in [-0.1, -0.05) is 56.9 Å². The molecule has 2 rings (SSSR count). The molecule has 106 valence electrons. The molecule has 0 saturated carbocycles. The van der Waals surface area contributed by atoms with E-state index < -0.39 is 0 Å². The van der Waals surface area contributed by atoms with Crippen molar-refractivity contribution in [2.24, 2.45) is 0 Å². The molecule has 2 aromatic carbocycles. The van der Waals surface area contributed by atoms with Crippen LogP contribution >= 0.6 is 0 Å². The lowest BCUT2D eigenvalue weighted by Crippen LogP contribution is -2.01. The van der Waals surface area contributed by atoms with Crippen LogP contribution in [0, 0.1) is 5.82 Å². The average Bonchev–Trinajstić information content (AvgIpc) is 2.47. The van der Waals surface area contributed by atoms with E-state index in [1.165, 1.54) is 25.3 Å². The molecule has 2 aromatic rings. The minimum atomic E-state index is -0.264. The van der Waals surface area contributed by atoms with E-state index in [4.69, 9.17) is 0 Å². The van der Waals surface area contributed by atoms with Crippen molar-refractivity contribution in [3.63, 3.8) is 0 Å². The third kappa shape index (κ3) is 3.44. The van der Waals surface area contributed by atoms with Crippen LogP contribution in [0.3, 0.4) is 0 Å². The Balaban J connectivity index is 2.09. The van der Waals surface area contributed by atoms with Gasteiger partial charge in [-0.05, 0) is 23.9 Å². The maximum absolute atomic E-state index is 13.7. The maximum atomic E-state index is 13.7. The van der Waals surface area contributed by atoms with Crippen molar-refractivity contribution in [3.8, 4) is 0 Å². The first-order chi connectivity index (χ1) is 9.74. The lowest BCUT2D eigenvalue weighted by atomic mass is 9.98. The Morgan fingerprint density at radius 2 is 1.65 bits per heavy atom. The van der Waals surface area contributed by atoms with Crippen molar-refractivity contribution in [3.05, 3.63) is 47.8 Å². The fraction of sp³-hybridized carbons (Fsp3) is 0.389. The lowest BCUT2D eigenvalue weighted by Gasteiger charge is -2.07. The van der Waals surface area contributed by atoms with Crippen molar-refractivity contribution < 1.29 is 9.18 Å². The molecule has 0 radical (unpaired) electrons. The predicted octanol–water partition coefficient (Wildman–Crippen LogP) is 5.52. The lowest BCUT2D eigenvalue weighted by molar-refractivity contribution is 0.0980. The molecule has 0 N–H and O–H groups in total. The van der Waals surface area contributed by atoms with Crippen molar-refractivity contribution in [2.45, 2.75) is 45.4 Å². The van der Waals surface area contributed by atoms with Gasteiger partial charge in [0, 0.05) is 17.4 Å². The van der Waals surface area contributed by atoms with Crippen molar-refractivity contribution >= 4 is 16.6 Å². The summed E-state index contributed by atoms with van der Waals surface area (Å²) in [6.45, 7) is 2.18. The maximum Gasteiger partial charge on any atom is 0.163 e. The normalized spacial score (nSPS) is 10.9. The first-order valence-electron chi connectivity index (χ1n) is 7.44. The van der Waals surface area contributed by atoms with Gasteiger partial charge in [0.1, 0.15) is 5.82 Å². The molecule has 0 bridgehead atoms. The highest BCUT2D eigenvalue weighted by molar-refractivity contribution is 6.08. The molecule has 0 aliphatic rings. The Morgan fingerprint density at radius 1 is 0.950 bits per heavy atom. The minimum Gasteiger partial charge on any atom is -0.294 e. The first kappa shape index (κ1) is 14.7. The van der Waals surface area contributed by atoms with Gasteiger partial charge < -0.3 is 0 Å². The minimum absolute atomic E-state index is 0.123. The number of unbranched alkanes of at least 4 members (excludes halogenated alkanes) is 4. The third-order valence-corrected chi connectivity index (χ3v) is 3.68. The Morgan fingerprint density at radius 3 is 2.40 bits per heavy atom. The van der Waals surface area contributed by atoms with Crippen LogP contribution in [0.5, 0.6) is 0 Å². The molecule has 0 amide bonds. The van der Waals surface area contributed by atoms with Crippen LogP contribution in [0.25, 0.3) is 10.8 Å². The molecule has 0 saturated heterocycles. The molecule has 20 heavy (non-hydrogen) atoms. The second-order valence-electron chi connectivity index (χ2n) is 5.23. The molecule has 0 aliphatic heterocycles. The smallest absolute Gasteiger partial charge is 0.163 e. The molecular formula is C18H21FO. The second kappa shape index (κ2) is 7.18. The monoisotopic (exact) mass is 272 g/mol. The SMILES string of the molecule is CCCCCCCC(=O)c1ccc(F)c2ccccc12. The van der Waals surface area contributed by atoms with Gasteiger partial charge in [0.2, 0.25) is 0 Å². The van der Waals surface area contributed by atoms with Crippen LogP contribution in [0.1, 0.15) is 55.8 Å². The van der Waals surface area contributed by atoms with Gasteiger partial charge in [0.05, 0.1) is 0 Å². The van der Waals surface area contributed by atoms with Crippen molar-refractivity contribution in [1.29, 1.82) is 0 Å². The largest absolute Gasteiger partial charge is 0.294 e. The highest BCUT2D eigenvalue weighted by Crippen LogP contribution is 2.23. The number of hydrogen-bond donors (Lipinski definition) is 0. The van der Waals surface area contributed by atoms with Crippen LogP contribution in [0.15, 0.2) is 36.4 Å². The summed E-state index contributed by atoms with van der Waals surface area (Å²) in [7, 11) is 0. The van der Waals surface area contributed by atoms with Crippen LogP contribution in [-0.2, 0) is 0 Å². The average molecular weight is 272 g/mol. The zero-order chi connectivity index (χ0) is 14.4. The number of carbonyl (C=O) groups excluding carboxylic acids is 1. The highest BCUT2D eigenvalue weighted by atomic mass is 19.1. The van der Waals surface area contributed by atoms with Crippen LogP contribution in [0.2, 0.25) is 0 Å². The zero-order valence-corrected chi connectivity index (χ0v) is 12.0. The highest BCUT2D eigenvalue weighted by Gasteiger charge is 2.11. The van der Waals surface area contributed by atoms with E-state index in [2.05, 4.69) is 6.92 Å². The summed E-state index contributed by atoms with van der Waals surface area (Å²) in [5.74, 6) is -0.141. The molecule has 0 spiro atoms. The van der Waals surface area contributed by atoms with Gasteiger partial charge in [-0.15, -0.1) is 0 Å². The van der Waals surface area contributed by atoms with Gasteiger partial charge >= 0.3 is 0 Å². The molecule has 1 nitrogen and oxygen atoms in total. The summed E-state index contributed by atoms with van der Waals surface area (Å²) in [4.78, 5) is 12.3. The quantitative estimate of drug-likeness (QED) is 0.479. The third-order valence-electron chi connectivity index (χ3n) is 3.68. The van der Waals surface area contributed by atoms with Gasteiger partial charge in [0.15, 0.2) is 5.78 Å². The topological polar surface area (TPSA) is 17.1 Å². The van der Waals surface area contributed by atoms with Crippen LogP contribution in [0.4, 0.5) is 4.39 Å². The Labute approximate surface area is 119 Å². The predicted molar refractivity (Wildman–Crippen MR) is 81.6 cm³/mol. The number of fused-ring (bicyclic) bond motifs is 1. The zero-order valence-electron chi connectivity index (χ0n) is 12.0. The Bertz CT molecular complexity index is 589. The van der Waals surface area contributed by atoms with Crippen molar-refractivity contribution in [2.75, 3.05) is 0 Å². The van der Waals surface area contributed by atoms with E-state index in [9.17, 15) is 9.18 Å². The summed E-state index contributed by atoms with van der Waals surface area (Å²) < 4.78 is 13.7. The summed E-state index contributed by atoms with van der Waals surface area (Å²) in [5.41, 5.74) is 0.650. The molecule has 0 aliphatic carbocycles. The number of hydrogen-bond acceptors (Lipinski definition) is 1. The van der Waals surface area contributed by atoms with Gasteiger partial charge in [-0.2, -0.15) is 0 Å². The van der Waals surface area contributed by atoms with E-state index in [1.807, 2.05) is 12.1 Å². The molecular weight excluding hydrogens is 251 g/mol. The van der Waals surface area contributed by atoms with Gasteiger partial charge in [-0.25, -0.2) is 4.39 Å². The standard InChI is InChI=1S/C18H21FO/c1-2-3-4-5-6-11-18(20)16-12-13-17(19)15-10-8-7-9-14(15)16/h7-10,12-13H,2-6,11H2,1H3. The number of carbonyl (C=O) groups is 1. The number of halogens is 1. The fourth-order valence-electron chi connectivity index (χ4n) is 2.53. The summed E-state index contributed by atoms with van der Waals surface area (Å²) in [6, 6.07) is 10.2. The van der Waals surface area contributed by atoms with E-state index in [0.29, 0.717) is 17.4 Å². The van der Waals surface area contributed by atoms with Gasteiger partial charge in [0.25, 0.3) is 0 Å². The molecule has 0 atom stereocenters. The molecule has 0 fully saturated rings. The number of ketones is 1. The van der Waals surface area contributed by atoms with Gasteiger partial charge in [-0.3, -0.25) is 4.79 Å². The number of rotatable bonds is 7. The van der Waals surface area contributed by atoms with E-state index in [-0.39, 0.29) is 11.6 Å². The summed E-state index contributed by atoms with van der Waals surface area (Å²) in [5, 5.41) is 1.26. The molecule has 0 aromatic heterocycles. The van der Waals surface area contributed by atoms with E-state index in [0.717, 1.165) is 18.2 Å².